The highest BCUT2D eigenvalue weighted by Gasteiger charge is 2.36. The summed E-state index contributed by atoms with van der Waals surface area (Å²) in [4.78, 5) is 33.0. The molecule has 0 saturated heterocycles. The van der Waals surface area contributed by atoms with Crippen molar-refractivity contribution in [1.82, 2.24) is 4.98 Å². The van der Waals surface area contributed by atoms with Gasteiger partial charge in [-0.05, 0) is 61.6 Å². The van der Waals surface area contributed by atoms with Gasteiger partial charge in [-0.15, -0.1) is 11.3 Å². The number of fused-ring (bicyclic) bond motifs is 1. The molecule has 2 aromatic carbocycles. The maximum absolute atomic E-state index is 12.6. The Morgan fingerprint density at radius 2 is 1.91 bits per heavy atom. The molecule has 1 fully saturated rings. The Bertz CT molecular complexity index is 1180. The van der Waals surface area contributed by atoms with Gasteiger partial charge in [-0.3, -0.25) is 9.59 Å². The van der Waals surface area contributed by atoms with Crippen LogP contribution in [0.2, 0.25) is 0 Å². The summed E-state index contributed by atoms with van der Waals surface area (Å²) in [6.45, 7) is 2.83. The highest BCUT2D eigenvalue weighted by molar-refractivity contribution is 7.12. The number of rotatable bonds is 7. The van der Waals surface area contributed by atoms with E-state index in [-0.39, 0.29) is 17.6 Å². The molecule has 0 spiro atoms. The van der Waals surface area contributed by atoms with E-state index < -0.39 is 0 Å². The number of thiazole rings is 1. The molecule has 2 aliphatic rings. The molecule has 1 aliphatic heterocycles. The second kappa shape index (κ2) is 8.51. The lowest BCUT2D eigenvalue weighted by molar-refractivity contribution is -0.120. The van der Waals surface area contributed by atoms with E-state index in [1.807, 2.05) is 29.2 Å². The zero-order valence-corrected chi connectivity index (χ0v) is 19.2. The number of Topliss-reactive ketones (excluding diaryl/α,β-unsaturated/α-hetero) is 1. The number of methoxy groups -OCH3 is 1. The predicted molar refractivity (Wildman–Crippen MR) is 126 cm³/mol. The van der Waals surface area contributed by atoms with Gasteiger partial charge in [-0.25, -0.2) is 4.98 Å². The number of aromatic nitrogens is 1. The number of amides is 1. The van der Waals surface area contributed by atoms with E-state index in [1.54, 1.807) is 18.4 Å². The Labute approximate surface area is 192 Å². The van der Waals surface area contributed by atoms with Crippen molar-refractivity contribution in [2.24, 2.45) is 5.92 Å². The van der Waals surface area contributed by atoms with Crippen molar-refractivity contribution in [1.29, 1.82) is 0 Å². The van der Waals surface area contributed by atoms with Crippen LogP contribution >= 0.6 is 11.3 Å². The monoisotopic (exact) mass is 446 g/mol. The molecule has 0 atom stereocenters. The number of ether oxygens (including phenoxy) is 1. The Kier molecular flexibility index (Phi) is 5.55. The Morgan fingerprint density at radius 1 is 1.12 bits per heavy atom. The van der Waals surface area contributed by atoms with Crippen LogP contribution in [-0.4, -0.2) is 30.3 Å². The molecule has 2 heterocycles. The number of aryl methyl sites for hydroxylation is 1. The summed E-state index contributed by atoms with van der Waals surface area (Å²) < 4.78 is 5.17. The summed E-state index contributed by atoms with van der Waals surface area (Å²) in [6, 6.07) is 13.9. The molecule has 6 heteroatoms. The van der Waals surface area contributed by atoms with Crippen LogP contribution in [0, 0.1) is 12.8 Å². The van der Waals surface area contributed by atoms with Crippen molar-refractivity contribution in [3.8, 4) is 17.0 Å². The molecular formula is C26H26N2O3S. The molecule has 32 heavy (non-hydrogen) atoms. The Hall–Kier alpha value is -2.99. The number of nitrogens with zero attached hydrogens (tertiary/aromatic N) is 2. The van der Waals surface area contributed by atoms with Crippen molar-refractivity contribution < 1.29 is 14.3 Å². The van der Waals surface area contributed by atoms with Gasteiger partial charge >= 0.3 is 0 Å². The summed E-state index contributed by atoms with van der Waals surface area (Å²) in [5.74, 6) is 1.45. The zero-order chi connectivity index (χ0) is 22.2. The van der Waals surface area contributed by atoms with E-state index in [1.165, 1.54) is 5.56 Å². The predicted octanol–water partition coefficient (Wildman–Crippen LogP) is 4.78. The summed E-state index contributed by atoms with van der Waals surface area (Å²) >= 11 is 1.59. The summed E-state index contributed by atoms with van der Waals surface area (Å²) in [6.07, 6.45) is 3.67. The molecule has 5 rings (SSSR count). The van der Waals surface area contributed by atoms with Gasteiger partial charge in [0.2, 0.25) is 5.91 Å². The number of anilines is 1. The van der Waals surface area contributed by atoms with Crippen LogP contribution < -0.4 is 9.64 Å². The number of carbonyl (C=O) groups excluding carboxylic acids is 2. The maximum atomic E-state index is 12.6. The van der Waals surface area contributed by atoms with E-state index in [0.29, 0.717) is 12.8 Å². The maximum Gasteiger partial charge on any atom is 0.230 e. The molecule has 0 radical (unpaired) electrons. The molecule has 5 nitrogen and oxygen atoms in total. The fraction of sp³-hybridized carbons (Fsp3) is 0.346. The summed E-state index contributed by atoms with van der Waals surface area (Å²) in [5.41, 5.74) is 5.24. The van der Waals surface area contributed by atoms with Gasteiger partial charge in [0.05, 0.1) is 19.2 Å². The van der Waals surface area contributed by atoms with Crippen molar-refractivity contribution in [2.45, 2.75) is 39.0 Å². The van der Waals surface area contributed by atoms with Crippen molar-refractivity contribution >= 4 is 28.7 Å². The molecule has 1 aliphatic carbocycles. The van der Waals surface area contributed by atoms with Crippen LogP contribution in [-0.2, 0) is 28.9 Å². The highest BCUT2D eigenvalue weighted by atomic mass is 32.1. The molecule has 0 unspecified atom stereocenters. The van der Waals surface area contributed by atoms with Crippen molar-refractivity contribution in [3.63, 3.8) is 0 Å². The average Bonchev–Trinajstić information content (AvgIpc) is 3.46. The van der Waals surface area contributed by atoms with Crippen LogP contribution in [0.25, 0.3) is 11.3 Å². The largest absolute Gasteiger partial charge is 0.497 e. The first-order chi connectivity index (χ1) is 15.5. The molecule has 1 saturated carbocycles. The van der Waals surface area contributed by atoms with Gasteiger partial charge < -0.3 is 9.64 Å². The van der Waals surface area contributed by atoms with E-state index in [2.05, 4.69) is 25.1 Å². The lowest BCUT2D eigenvalue weighted by Crippen LogP contribution is -2.30. The fourth-order valence-corrected chi connectivity index (χ4v) is 5.31. The second-order valence-corrected chi connectivity index (χ2v) is 9.90. The van der Waals surface area contributed by atoms with Gasteiger partial charge in [0.25, 0.3) is 0 Å². The first-order valence-corrected chi connectivity index (χ1v) is 11.9. The number of carbonyl (C=O) groups is 2. The third kappa shape index (κ3) is 4.19. The van der Waals surface area contributed by atoms with Crippen LogP contribution in [0.4, 0.5) is 5.69 Å². The second-order valence-electron chi connectivity index (χ2n) is 8.61. The van der Waals surface area contributed by atoms with Gasteiger partial charge in [0.1, 0.15) is 16.5 Å². The van der Waals surface area contributed by atoms with Crippen LogP contribution in [0.1, 0.15) is 33.9 Å². The topological polar surface area (TPSA) is 59.5 Å². The molecule has 164 valence electrons. The van der Waals surface area contributed by atoms with E-state index in [9.17, 15) is 9.59 Å². The first-order valence-electron chi connectivity index (χ1n) is 11.1. The summed E-state index contributed by atoms with van der Waals surface area (Å²) in [5, 5.41) is 0.849. The fourth-order valence-electron chi connectivity index (χ4n) is 4.33. The molecule has 3 aromatic rings. The Balaban J connectivity index is 1.29. The number of hydrogen-bond donors (Lipinski definition) is 0. The van der Waals surface area contributed by atoms with E-state index in [0.717, 1.165) is 63.9 Å². The minimum Gasteiger partial charge on any atom is -0.497 e. The average molecular weight is 447 g/mol. The van der Waals surface area contributed by atoms with E-state index in [4.69, 9.17) is 9.72 Å². The normalized spacial score (nSPS) is 15.0. The third-order valence-electron chi connectivity index (χ3n) is 6.19. The number of ketones is 1. The van der Waals surface area contributed by atoms with Gasteiger partial charge in [-0.1, -0.05) is 18.2 Å². The van der Waals surface area contributed by atoms with Crippen LogP contribution in [0.3, 0.4) is 0 Å². The van der Waals surface area contributed by atoms with Crippen molar-refractivity contribution in [3.05, 3.63) is 63.5 Å². The zero-order valence-electron chi connectivity index (χ0n) is 18.4. The molecule has 1 amide bonds. The Morgan fingerprint density at radius 3 is 2.62 bits per heavy atom. The number of benzene rings is 2. The van der Waals surface area contributed by atoms with Gasteiger partial charge in [0.15, 0.2) is 0 Å². The molecule has 1 aromatic heterocycles. The van der Waals surface area contributed by atoms with Crippen LogP contribution in [0.15, 0.2) is 42.5 Å². The van der Waals surface area contributed by atoms with Crippen molar-refractivity contribution in [2.75, 3.05) is 18.6 Å². The molecular weight excluding hydrogens is 420 g/mol. The lowest BCUT2D eigenvalue weighted by atomic mass is 10.1. The van der Waals surface area contributed by atoms with Gasteiger partial charge in [-0.2, -0.15) is 0 Å². The lowest BCUT2D eigenvalue weighted by Gasteiger charge is -2.17. The quantitative estimate of drug-likeness (QED) is 0.524. The standard InChI is InChI=1S/C26H26N2O3S/c1-16-25(20-7-10-23-19(14-20)11-12-28(23)26(30)18-5-6-18)27-24(32-16)15-21(29)13-17-3-8-22(31-2)9-4-17/h3-4,7-10,14,18H,5-6,11-13,15H2,1-2H3. The number of hydrogen-bond acceptors (Lipinski definition) is 5. The van der Waals surface area contributed by atoms with E-state index >= 15 is 0 Å². The highest BCUT2D eigenvalue weighted by Crippen LogP contribution is 2.38. The molecule has 0 N–H and O–H groups in total. The van der Waals surface area contributed by atoms with Gasteiger partial charge in [0, 0.05) is 35.0 Å². The summed E-state index contributed by atoms with van der Waals surface area (Å²) in [7, 11) is 1.63. The first kappa shape index (κ1) is 20.9. The molecule has 0 bridgehead atoms. The minimum absolute atomic E-state index is 0.152. The minimum atomic E-state index is 0.152. The smallest absolute Gasteiger partial charge is 0.230 e. The van der Waals surface area contributed by atoms with Crippen LogP contribution in [0.5, 0.6) is 5.75 Å². The SMILES string of the molecule is COc1ccc(CC(=O)Cc2nc(-c3ccc4c(c3)CCN4C(=O)C3CC3)c(C)s2)cc1. The third-order valence-corrected chi connectivity index (χ3v) is 7.16.